The van der Waals surface area contributed by atoms with Gasteiger partial charge < -0.3 is 15.2 Å². The molecular weight excluding hydrogens is 320 g/mol. The first kappa shape index (κ1) is 16.4. The Labute approximate surface area is 144 Å². The molecule has 2 amide bonds. The van der Waals surface area contributed by atoms with Crippen molar-refractivity contribution in [3.8, 4) is 11.4 Å². The van der Waals surface area contributed by atoms with E-state index in [0.29, 0.717) is 28.7 Å². The molecule has 0 fully saturated rings. The third kappa shape index (κ3) is 4.08. The molecule has 0 spiro atoms. The lowest BCUT2D eigenvalue weighted by Crippen LogP contribution is -2.12. The summed E-state index contributed by atoms with van der Waals surface area (Å²) in [6.07, 6.45) is 0. The number of anilines is 2. The van der Waals surface area contributed by atoms with Crippen LogP contribution in [0.15, 0.2) is 53.1 Å². The van der Waals surface area contributed by atoms with Crippen LogP contribution in [0.5, 0.6) is 0 Å². The largest absolute Gasteiger partial charge is 0.339 e. The maximum atomic E-state index is 12.4. The van der Waals surface area contributed by atoms with Crippen LogP contribution >= 0.6 is 0 Å². The Kier molecular flexibility index (Phi) is 4.56. The van der Waals surface area contributed by atoms with Crippen LogP contribution in [0.25, 0.3) is 11.4 Å². The van der Waals surface area contributed by atoms with Gasteiger partial charge in [0.05, 0.1) is 0 Å². The van der Waals surface area contributed by atoms with E-state index in [1.807, 2.05) is 6.07 Å². The third-order valence-electron chi connectivity index (χ3n) is 3.37. The fourth-order valence-electron chi connectivity index (χ4n) is 2.26. The molecule has 7 nitrogen and oxygen atoms in total. The summed E-state index contributed by atoms with van der Waals surface area (Å²) in [5.41, 5.74) is 2.49. The minimum absolute atomic E-state index is 0.161. The number of benzene rings is 2. The molecule has 3 rings (SSSR count). The highest BCUT2D eigenvalue weighted by molar-refractivity contribution is 6.04. The molecule has 0 aliphatic rings. The first-order valence-electron chi connectivity index (χ1n) is 7.61. The Morgan fingerprint density at radius 3 is 2.40 bits per heavy atom. The molecule has 0 saturated heterocycles. The maximum absolute atomic E-state index is 12.4. The third-order valence-corrected chi connectivity index (χ3v) is 3.37. The summed E-state index contributed by atoms with van der Waals surface area (Å²) in [5, 5.41) is 9.34. The minimum atomic E-state index is -0.254. The van der Waals surface area contributed by atoms with Gasteiger partial charge in [0, 0.05) is 36.3 Å². The van der Waals surface area contributed by atoms with E-state index in [1.54, 1.807) is 49.4 Å². The summed E-state index contributed by atoms with van der Waals surface area (Å²) in [4.78, 5) is 27.5. The summed E-state index contributed by atoms with van der Waals surface area (Å²) < 4.78 is 4.97. The van der Waals surface area contributed by atoms with Crippen LogP contribution in [0, 0.1) is 6.92 Å². The van der Waals surface area contributed by atoms with E-state index >= 15 is 0 Å². The van der Waals surface area contributed by atoms with Crippen LogP contribution in [0.2, 0.25) is 0 Å². The molecule has 126 valence electrons. The number of amides is 2. The molecule has 2 N–H and O–H groups in total. The van der Waals surface area contributed by atoms with Crippen LogP contribution in [0.4, 0.5) is 11.4 Å². The van der Waals surface area contributed by atoms with Gasteiger partial charge in [-0.2, -0.15) is 4.98 Å². The molecule has 7 heteroatoms. The van der Waals surface area contributed by atoms with E-state index < -0.39 is 0 Å². The molecule has 1 heterocycles. The predicted molar refractivity (Wildman–Crippen MR) is 93.2 cm³/mol. The van der Waals surface area contributed by atoms with Crippen LogP contribution < -0.4 is 10.6 Å². The number of hydrogen-bond donors (Lipinski definition) is 2. The fraction of sp³-hybridized carbons (Fsp3) is 0.111. The first-order valence-corrected chi connectivity index (χ1v) is 7.61. The zero-order valence-corrected chi connectivity index (χ0v) is 13.7. The van der Waals surface area contributed by atoms with E-state index in [2.05, 4.69) is 20.8 Å². The van der Waals surface area contributed by atoms with Gasteiger partial charge in [-0.25, -0.2) is 0 Å². The molecule has 0 radical (unpaired) electrons. The van der Waals surface area contributed by atoms with E-state index in [9.17, 15) is 9.59 Å². The van der Waals surface area contributed by atoms with Crippen molar-refractivity contribution in [2.75, 3.05) is 10.6 Å². The highest BCUT2D eigenvalue weighted by Crippen LogP contribution is 2.20. The number of nitrogens with zero attached hydrogens (tertiary/aromatic N) is 2. The molecule has 0 atom stereocenters. The van der Waals surface area contributed by atoms with Gasteiger partial charge in [0.2, 0.25) is 17.6 Å². The summed E-state index contributed by atoms with van der Waals surface area (Å²) in [5.74, 6) is 0.526. The van der Waals surface area contributed by atoms with Crippen molar-refractivity contribution in [3.63, 3.8) is 0 Å². The molecule has 0 aliphatic heterocycles. The van der Waals surface area contributed by atoms with Crippen molar-refractivity contribution >= 4 is 23.2 Å². The van der Waals surface area contributed by atoms with E-state index in [1.165, 1.54) is 6.92 Å². The normalized spacial score (nSPS) is 10.3. The van der Waals surface area contributed by atoms with Gasteiger partial charge in [-0.3, -0.25) is 9.59 Å². The quantitative estimate of drug-likeness (QED) is 0.762. The van der Waals surface area contributed by atoms with Crippen LogP contribution in [0.3, 0.4) is 0 Å². The van der Waals surface area contributed by atoms with E-state index in [-0.39, 0.29) is 11.8 Å². The van der Waals surface area contributed by atoms with Gasteiger partial charge in [0.25, 0.3) is 5.91 Å². The number of carbonyl (C=O) groups excluding carboxylic acids is 2. The lowest BCUT2D eigenvalue weighted by Gasteiger charge is -2.07. The minimum Gasteiger partial charge on any atom is -0.339 e. The first-order chi connectivity index (χ1) is 12.0. The number of carbonyl (C=O) groups is 2. The van der Waals surface area contributed by atoms with E-state index in [4.69, 9.17) is 4.52 Å². The van der Waals surface area contributed by atoms with Crippen molar-refractivity contribution < 1.29 is 14.1 Å². The van der Waals surface area contributed by atoms with Crippen molar-refractivity contribution in [1.29, 1.82) is 0 Å². The molecule has 0 aliphatic carbocycles. The van der Waals surface area contributed by atoms with Crippen molar-refractivity contribution in [2.45, 2.75) is 13.8 Å². The molecule has 0 unspecified atom stereocenters. The Bertz CT molecular complexity index is 916. The monoisotopic (exact) mass is 336 g/mol. The Hall–Kier alpha value is -3.48. The number of nitrogens with one attached hydrogen (secondary N) is 2. The van der Waals surface area contributed by atoms with Crippen LogP contribution in [-0.2, 0) is 4.79 Å². The van der Waals surface area contributed by atoms with Gasteiger partial charge in [-0.05, 0) is 36.4 Å². The van der Waals surface area contributed by atoms with Crippen LogP contribution in [-0.4, -0.2) is 22.0 Å². The van der Waals surface area contributed by atoms with E-state index in [0.717, 1.165) is 5.56 Å². The second-order valence-corrected chi connectivity index (χ2v) is 5.43. The summed E-state index contributed by atoms with van der Waals surface area (Å²) in [6, 6.07) is 13.8. The Balaban J connectivity index is 1.73. The number of aryl methyl sites for hydroxylation is 1. The molecule has 25 heavy (non-hydrogen) atoms. The number of hydrogen-bond acceptors (Lipinski definition) is 5. The standard InChI is InChI=1S/C18H16N4O3/c1-11(23)19-15-8-6-13(7-9-15)18(24)21-16-5-3-4-14(10-16)17-20-12(2)25-22-17/h3-10H,1-2H3,(H,19,23)(H,21,24). The molecule has 2 aromatic carbocycles. The predicted octanol–water partition coefficient (Wildman–Crippen LogP) is 3.26. The van der Waals surface area contributed by atoms with Gasteiger partial charge in [0.15, 0.2) is 0 Å². The Morgan fingerprint density at radius 1 is 1.00 bits per heavy atom. The van der Waals surface area contributed by atoms with Crippen molar-refractivity contribution in [3.05, 3.63) is 60.0 Å². The van der Waals surface area contributed by atoms with Crippen molar-refractivity contribution in [1.82, 2.24) is 10.1 Å². The zero-order valence-electron chi connectivity index (χ0n) is 13.7. The smallest absolute Gasteiger partial charge is 0.255 e. The maximum Gasteiger partial charge on any atom is 0.255 e. The molecular formula is C18H16N4O3. The average Bonchev–Trinajstić information content (AvgIpc) is 3.02. The Morgan fingerprint density at radius 2 is 1.76 bits per heavy atom. The average molecular weight is 336 g/mol. The molecule has 0 bridgehead atoms. The van der Waals surface area contributed by atoms with Crippen molar-refractivity contribution in [2.24, 2.45) is 0 Å². The SMILES string of the molecule is CC(=O)Nc1ccc(C(=O)Nc2cccc(-c3noc(C)n3)c2)cc1. The fourth-order valence-corrected chi connectivity index (χ4v) is 2.26. The second kappa shape index (κ2) is 6.96. The second-order valence-electron chi connectivity index (χ2n) is 5.43. The van der Waals surface area contributed by atoms with Gasteiger partial charge in [0.1, 0.15) is 0 Å². The molecule has 3 aromatic rings. The van der Waals surface area contributed by atoms with Gasteiger partial charge in [-0.1, -0.05) is 17.3 Å². The highest BCUT2D eigenvalue weighted by atomic mass is 16.5. The summed E-state index contributed by atoms with van der Waals surface area (Å²) in [6.45, 7) is 3.14. The molecule has 0 saturated carbocycles. The molecule has 1 aromatic heterocycles. The zero-order chi connectivity index (χ0) is 17.8. The number of aromatic nitrogens is 2. The summed E-state index contributed by atoms with van der Waals surface area (Å²) >= 11 is 0. The van der Waals surface area contributed by atoms with Gasteiger partial charge >= 0.3 is 0 Å². The lowest BCUT2D eigenvalue weighted by molar-refractivity contribution is -0.114. The topological polar surface area (TPSA) is 97.1 Å². The summed E-state index contributed by atoms with van der Waals surface area (Å²) in [7, 11) is 0. The number of rotatable bonds is 4. The lowest BCUT2D eigenvalue weighted by atomic mass is 10.1. The van der Waals surface area contributed by atoms with Gasteiger partial charge in [-0.15, -0.1) is 0 Å². The van der Waals surface area contributed by atoms with Crippen LogP contribution in [0.1, 0.15) is 23.2 Å². The highest BCUT2D eigenvalue weighted by Gasteiger charge is 2.09.